The molecule has 166 valence electrons. The van der Waals surface area contributed by atoms with E-state index in [1.165, 1.54) is 6.92 Å². The Hall–Kier alpha value is -3.35. The van der Waals surface area contributed by atoms with Crippen LogP contribution in [-0.2, 0) is 43.0 Å². The first kappa shape index (κ1) is 23.9. The van der Waals surface area contributed by atoms with Crippen LogP contribution >= 0.6 is 15.9 Å². The topological polar surface area (TPSA) is 165 Å². The number of hydrogen-bond acceptors (Lipinski definition) is 9. The zero-order chi connectivity index (χ0) is 23.5. The molecule has 2 rings (SSSR count). The summed E-state index contributed by atoms with van der Waals surface area (Å²) in [5.74, 6) is -6.38. The van der Waals surface area contributed by atoms with Crippen LogP contribution in [0.4, 0.5) is 0 Å². The van der Waals surface area contributed by atoms with E-state index in [0.29, 0.717) is 9.80 Å². The second kappa shape index (κ2) is 9.20. The van der Waals surface area contributed by atoms with E-state index in [2.05, 4.69) is 15.9 Å². The van der Waals surface area contributed by atoms with Crippen molar-refractivity contribution in [3.63, 3.8) is 0 Å². The number of hydrogen-bond donors (Lipinski definition) is 1. The summed E-state index contributed by atoms with van der Waals surface area (Å²) in [6, 6.07) is 0. The van der Waals surface area contributed by atoms with Crippen LogP contribution in [0.3, 0.4) is 0 Å². The van der Waals surface area contributed by atoms with Gasteiger partial charge in [-0.1, -0.05) is 0 Å². The maximum atomic E-state index is 12.0. The number of esters is 2. The first-order valence-electron chi connectivity index (χ1n) is 8.67. The van der Waals surface area contributed by atoms with Gasteiger partial charge in [0.2, 0.25) is 0 Å². The molecule has 0 spiro atoms. The van der Waals surface area contributed by atoms with Crippen LogP contribution in [0.2, 0.25) is 0 Å². The van der Waals surface area contributed by atoms with Crippen LogP contribution in [0.25, 0.3) is 0 Å². The van der Waals surface area contributed by atoms with Crippen molar-refractivity contribution in [3.05, 3.63) is 22.2 Å². The van der Waals surface area contributed by atoms with Gasteiger partial charge in [0.25, 0.3) is 23.6 Å². The van der Waals surface area contributed by atoms with E-state index in [0.717, 1.165) is 19.1 Å². The standard InChI is InChI=1S/C18H17BrN2O10/c1-9-3-11(22)20(15(9)26)5-13(24)30-7-18(2,17(28)29)8-31-14(25)6-21-12(23)4-10(19)16(21)27/h3-4H,5-8H2,1-2H3,(H,28,29). The predicted octanol–water partition coefficient (Wildman–Crippen LogP) is -0.874. The summed E-state index contributed by atoms with van der Waals surface area (Å²) in [5.41, 5.74) is -1.71. The maximum absolute atomic E-state index is 12.0. The molecular formula is C18H17BrN2O10. The van der Waals surface area contributed by atoms with Gasteiger partial charge in [-0.25, -0.2) is 0 Å². The lowest BCUT2D eigenvalue weighted by molar-refractivity contribution is -0.168. The fourth-order valence-corrected chi connectivity index (χ4v) is 2.82. The molecule has 12 nitrogen and oxygen atoms in total. The Labute approximate surface area is 183 Å². The Morgan fingerprint density at radius 1 is 0.935 bits per heavy atom. The number of ether oxygens (including phenoxy) is 2. The zero-order valence-corrected chi connectivity index (χ0v) is 18.0. The van der Waals surface area contributed by atoms with Gasteiger partial charge in [-0.15, -0.1) is 0 Å². The first-order valence-corrected chi connectivity index (χ1v) is 9.47. The van der Waals surface area contributed by atoms with Gasteiger partial charge in [-0.05, 0) is 29.8 Å². The van der Waals surface area contributed by atoms with Crippen LogP contribution in [-0.4, -0.2) is 82.7 Å². The van der Waals surface area contributed by atoms with E-state index in [9.17, 15) is 38.7 Å². The Morgan fingerprint density at radius 2 is 1.39 bits per heavy atom. The van der Waals surface area contributed by atoms with Crippen molar-refractivity contribution in [2.75, 3.05) is 26.3 Å². The molecular weight excluding hydrogens is 484 g/mol. The molecule has 1 N–H and O–H groups in total. The van der Waals surface area contributed by atoms with Gasteiger partial charge in [-0.2, -0.15) is 0 Å². The number of carbonyl (C=O) groups is 7. The summed E-state index contributed by atoms with van der Waals surface area (Å²) in [7, 11) is 0. The van der Waals surface area contributed by atoms with Gasteiger partial charge in [-0.3, -0.25) is 43.4 Å². The van der Waals surface area contributed by atoms with Gasteiger partial charge in [0.05, 0.1) is 4.48 Å². The molecule has 0 aromatic heterocycles. The number of carbonyl (C=O) groups excluding carboxylic acids is 6. The fourth-order valence-electron chi connectivity index (χ4n) is 2.41. The highest BCUT2D eigenvalue weighted by Gasteiger charge is 2.39. The molecule has 0 aromatic carbocycles. The largest absolute Gasteiger partial charge is 0.481 e. The SMILES string of the molecule is CC1=CC(=O)N(CC(=O)OCC(C)(COC(=O)CN2C(=O)C=C(Br)C2=O)C(=O)O)C1=O. The molecule has 2 aliphatic heterocycles. The zero-order valence-electron chi connectivity index (χ0n) is 16.4. The molecule has 0 bridgehead atoms. The summed E-state index contributed by atoms with van der Waals surface area (Å²) in [4.78, 5) is 83.5. The number of rotatable bonds is 9. The molecule has 0 fully saturated rings. The first-order chi connectivity index (χ1) is 14.4. The average molecular weight is 501 g/mol. The summed E-state index contributed by atoms with van der Waals surface area (Å²) in [5, 5.41) is 9.42. The molecule has 13 heteroatoms. The Morgan fingerprint density at radius 3 is 1.74 bits per heavy atom. The van der Waals surface area contributed by atoms with Crippen molar-refractivity contribution in [1.29, 1.82) is 0 Å². The summed E-state index contributed by atoms with van der Waals surface area (Å²) >= 11 is 2.86. The van der Waals surface area contributed by atoms with E-state index in [1.807, 2.05) is 0 Å². The van der Waals surface area contributed by atoms with Crippen LogP contribution in [0.5, 0.6) is 0 Å². The average Bonchev–Trinajstić information content (AvgIpc) is 3.07. The minimum atomic E-state index is -1.86. The Bertz CT molecular complexity index is 885. The summed E-state index contributed by atoms with van der Waals surface area (Å²) in [6.07, 6.45) is 2.03. The molecule has 2 heterocycles. The van der Waals surface area contributed by atoms with Crippen LogP contribution < -0.4 is 0 Å². The monoisotopic (exact) mass is 500 g/mol. The second-order valence-corrected chi connectivity index (χ2v) is 7.82. The van der Waals surface area contributed by atoms with Crippen LogP contribution in [0.1, 0.15) is 13.8 Å². The lowest BCUT2D eigenvalue weighted by atomic mass is 9.93. The van der Waals surface area contributed by atoms with Crippen molar-refractivity contribution in [3.8, 4) is 0 Å². The second-order valence-electron chi connectivity index (χ2n) is 6.97. The molecule has 0 radical (unpaired) electrons. The summed E-state index contributed by atoms with van der Waals surface area (Å²) in [6.45, 7) is -0.364. The molecule has 0 aliphatic carbocycles. The van der Waals surface area contributed by atoms with E-state index >= 15 is 0 Å². The molecule has 4 amide bonds. The van der Waals surface area contributed by atoms with Gasteiger partial charge in [0, 0.05) is 17.7 Å². The minimum Gasteiger partial charge on any atom is -0.481 e. The van der Waals surface area contributed by atoms with Crippen molar-refractivity contribution >= 4 is 57.5 Å². The maximum Gasteiger partial charge on any atom is 0.326 e. The van der Waals surface area contributed by atoms with Crippen molar-refractivity contribution in [2.45, 2.75) is 13.8 Å². The van der Waals surface area contributed by atoms with E-state index in [1.54, 1.807) is 0 Å². The molecule has 0 saturated carbocycles. The van der Waals surface area contributed by atoms with Gasteiger partial charge in [0.15, 0.2) is 0 Å². The number of aliphatic carboxylic acids is 1. The van der Waals surface area contributed by atoms with Gasteiger partial charge in [0.1, 0.15) is 31.7 Å². The van der Waals surface area contributed by atoms with E-state index < -0.39 is 73.3 Å². The fraction of sp³-hybridized carbons (Fsp3) is 0.389. The summed E-state index contributed by atoms with van der Waals surface area (Å²) < 4.78 is 9.68. The number of carboxylic acids is 1. The Balaban J connectivity index is 1.88. The highest BCUT2D eigenvalue weighted by molar-refractivity contribution is 9.12. The molecule has 0 aromatic rings. The molecule has 31 heavy (non-hydrogen) atoms. The Kier molecular flexibility index (Phi) is 7.10. The van der Waals surface area contributed by atoms with Crippen LogP contribution in [0.15, 0.2) is 22.2 Å². The number of amides is 4. The third-order valence-corrected chi connectivity index (χ3v) is 4.92. The van der Waals surface area contributed by atoms with Crippen molar-refractivity contribution in [2.24, 2.45) is 5.41 Å². The van der Waals surface area contributed by atoms with Gasteiger partial charge < -0.3 is 14.6 Å². The number of carboxylic acid groups (broad SMARTS) is 1. The van der Waals surface area contributed by atoms with E-state index in [4.69, 9.17) is 9.47 Å². The lowest BCUT2D eigenvalue weighted by Gasteiger charge is -2.25. The highest BCUT2D eigenvalue weighted by atomic mass is 79.9. The number of imide groups is 2. The normalized spacial score (nSPS) is 18.0. The third kappa shape index (κ3) is 5.42. The van der Waals surface area contributed by atoms with E-state index in [-0.39, 0.29) is 10.1 Å². The van der Waals surface area contributed by atoms with Crippen molar-refractivity contribution in [1.82, 2.24) is 9.80 Å². The third-order valence-electron chi connectivity index (χ3n) is 4.35. The number of nitrogens with zero attached hydrogens (tertiary/aromatic N) is 2. The quantitative estimate of drug-likeness (QED) is 0.310. The van der Waals surface area contributed by atoms with Crippen LogP contribution in [0, 0.1) is 5.41 Å². The van der Waals surface area contributed by atoms with Crippen molar-refractivity contribution < 1.29 is 48.1 Å². The predicted molar refractivity (Wildman–Crippen MR) is 102 cm³/mol. The molecule has 1 unspecified atom stereocenters. The number of halogens is 1. The highest BCUT2D eigenvalue weighted by Crippen LogP contribution is 2.21. The minimum absolute atomic E-state index is 0.0343. The lowest BCUT2D eigenvalue weighted by Crippen LogP contribution is -2.43. The molecule has 2 aliphatic rings. The molecule has 0 saturated heterocycles. The molecule has 1 atom stereocenters. The van der Waals surface area contributed by atoms with Gasteiger partial charge >= 0.3 is 17.9 Å². The smallest absolute Gasteiger partial charge is 0.326 e.